The lowest BCUT2D eigenvalue weighted by Crippen LogP contribution is -2.62. The molecule has 5 rings (SSSR count). The van der Waals surface area contributed by atoms with E-state index in [4.69, 9.17) is 13.7 Å². The molecular formula is C22H21N6O5S+. The molecule has 0 spiro atoms. The highest BCUT2D eigenvalue weighted by atomic mass is 32.2. The number of amidine groups is 1. The minimum Gasteiger partial charge on any atom is -0.465 e. The van der Waals surface area contributed by atoms with Crippen molar-refractivity contribution in [3.05, 3.63) is 66.4 Å². The minimum absolute atomic E-state index is 0.0156. The number of hydrogen-bond acceptors (Lipinski definition) is 9. The molecule has 1 fully saturated rings. The first-order chi connectivity index (χ1) is 16.7. The van der Waals surface area contributed by atoms with E-state index in [1.807, 2.05) is 35.3 Å². The number of nitrogens with zero attached hydrogens (tertiary/aromatic N) is 5. The molecule has 2 aromatic heterocycles. The number of nitrogens with one attached hydrogen (secondary N) is 1. The number of furan rings is 1. The molecule has 174 valence electrons. The van der Waals surface area contributed by atoms with Gasteiger partial charge in [0.1, 0.15) is 11.5 Å². The largest absolute Gasteiger partial charge is 0.465 e. The summed E-state index contributed by atoms with van der Waals surface area (Å²) >= 11 is 1.15. The lowest BCUT2D eigenvalue weighted by molar-refractivity contribution is -0.759. The van der Waals surface area contributed by atoms with Gasteiger partial charge in [0.05, 0.1) is 48.8 Å². The summed E-state index contributed by atoms with van der Waals surface area (Å²) in [7, 11) is 0. The van der Waals surface area contributed by atoms with E-state index in [0.717, 1.165) is 11.8 Å². The van der Waals surface area contributed by atoms with E-state index in [-0.39, 0.29) is 29.1 Å². The second-order valence-electron chi connectivity index (χ2n) is 7.31. The molecule has 2 amide bonds. The Morgan fingerprint density at radius 2 is 2.00 bits per heavy atom. The molecule has 12 heteroatoms. The van der Waals surface area contributed by atoms with Gasteiger partial charge < -0.3 is 9.15 Å². The van der Waals surface area contributed by atoms with E-state index in [1.54, 1.807) is 29.2 Å². The van der Waals surface area contributed by atoms with Crippen molar-refractivity contribution < 1.29 is 28.1 Å². The average Bonchev–Trinajstić information content (AvgIpc) is 3.61. The van der Waals surface area contributed by atoms with Crippen molar-refractivity contribution in [1.29, 1.82) is 0 Å². The van der Waals surface area contributed by atoms with Gasteiger partial charge in [-0.3, -0.25) is 24.3 Å². The number of ether oxygens (including phenoxy) is 1. The third-order valence-electron chi connectivity index (χ3n) is 4.99. The molecule has 2 aliphatic rings. The van der Waals surface area contributed by atoms with Crippen LogP contribution in [0.15, 0.2) is 74.6 Å². The molecule has 1 aromatic carbocycles. The summed E-state index contributed by atoms with van der Waals surface area (Å²) in [4.78, 5) is 33.1. The van der Waals surface area contributed by atoms with E-state index >= 15 is 0 Å². The predicted molar refractivity (Wildman–Crippen MR) is 125 cm³/mol. The zero-order chi connectivity index (χ0) is 23.3. The summed E-state index contributed by atoms with van der Waals surface area (Å²) in [5.41, 5.74) is 0.882. The quantitative estimate of drug-likeness (QED) is 0.417. The minimum atomic E-state index is -0.318. The van der Waals surface area contributed by atoms with Gasteiger partial charge in [-0.1, -0.05) is 30.0 Å². The highest BCUT2D eigenvalue weighted by molar-refractivity contribution is 8.14. The maximum atomic E-state index is 13.1. The Kier molecular flexibility index (Phi) is 6.40. The van der Waals surface area contributed by atoms with Crippen LogP contribution in [0.2, 0.25) is 0 Å². The van der Waals surface area contributed by atoms with Gasteiger partial charge in [-0.25, -0.2) is 4.99 Å². The van der Waals surface area contributed by atoms with Gasteiger partial charge in [-0.05, 0) is 24.3 Å². The molecular weight excluding hydrogens is 460 g/mol. The Labute approximate surface area is 198 Å². The SMILES string of the molecule is O=C(CSC1=N/C(=C/c2ccco2)C(=O)N1c1ccccc1)Nc1c[n+](N2CCOCC2)no1. The summed E-state index contributed by atoms with van der Waals surface area (Å²) in [5, 5.41) is 8.96. The first-order valence-corrected chi connectivity index (χ1v) is 11.5. The van der Waals surface area contributed by atoms with Crippen LogP contribution in [0.5, 0.6) is 0 Å². The molecule has 3 aromatic rings. The number of carbonyl (C=O) groups is 2. The molecule has 0 atom stereocenters. The fourth-order valence-corrected chi connectivity index (χ4v) is 4.21. The fourth-order valence-electron chi connectivity index (χ4n) is 3.39. The number of hydrogen-bond donors (Lipinski definition) is 1. The number of carbonyl (C=O) groups excluding carboxylic acids is 2. The third-order valence-corrected chi connectivity index (χ3v) is 5.93. The number of para-hydroxylation sites is 1. The maximum Gasteiger partial charge on any atom is 0.305 e. The molecule has 0 bridgehead atoms. The van der Waals surface area contributed by atoms with Crippen LogP contribution in [0.1, 0.15) is 5.76 Å². The highest BCUT2D eigenvalue weighted by Gasteiger charge is 2.32. The summed E-state index contributed by atoms with van der Waals surface area (Å²) < 4.78 is 15.9. The van der Waals surface area contributed by atoms with E-state index in [9.17, 15) is 9.59 Å². The third kappa shape index (κ3) is 4.87. The van der Waals surface area contributed by atoms with E-state index in [2.05, 4.69) is 15.6 Å². The molecule has 34 heavy (non-hydrogen) atoms. The maximum absolute atomic E-state index is 13.1. The van der Waals surface area contributed by atoms with Crippen LogP contribution in [-0.2, 0) is 14.3 Å². The van der Waals surface area contributed by atoms with Gasteiger partial charge in [-0.15, -0.1) is 5.01 Å². The lowest BCUT2D eigenvalue weighted by atomic mass is 10.2. The fraction of sp³-hybridized carbons (Fsp3) is 0.227. The van der Waals surface area contributed by atoms with Gasteiger partial charge in [0.15, 0.2) is 5.17 Å². The summed E-state index contributed by atoms with van der Waals surface area (Å²) in [6.45, 7) is 2.57. The van der Waals surface area contributed by atoms with Crippen LogP contribution >= 0.6 is 11.8 Å². The zero-order valence-electron chi connectivity index (χ0n) is 18.0. The van der Waals surface area contributed by atoms with Crippen LogP contribution in [-0.4, -0.2) is 54.3 Å². The molecule has 2 aliphatic heterocycles. The number of rotatable bonds is 6. The second-order valence-corrected chi connectivity index (χ2v) is 8.25. The molecule has 1 N–H and O–H groups in total. The number of morpholine rings is 1. The molecule has 11 nitrogen and oxygen atoms in total. The van der Waals surface area contributed by atoms with Crippen molar-refractivity contribution >= 4 is 46.4 Å². The Bertz CT molecular complexity index is 1220. The molecule has 0 saturated carbocycles. The Morgan fingerprint density at radius 3 is 2.76 bits per heavy atom. The number of aliphatic imine (C=N–C) groups is 1. The standard InChI is InChI=1S/C22H20N6O5S/c29-19(24-20-14-27(25-33-20)26-8-11-31-12-9-26)15-34-22-23-18(13-17-7-4-10-32-17)21(30)28(22)16-5-2-1-3-6-16/h1-7,10,13-14H,8-9,11-12,15H2/p+1/b18-13+. The summed E-state index contributed by atoms with van der Waals surface area (Å²) in [6, 6.07) is 12.6. The predicted octanol–water partition coefficient (Wildman–Crippen LogP) is 1.64. The lowest BCUT2D eigenvalue weighted by Gasteiger charge is -2.18. The Balaban J connectivity index is 1.27. The second kappa shape index (κ2) is 9.93. The van der Waals surface area contributed by atoms with Crippen molar-refractivity contribution in [2.45, 2.75) is 0 Å². The topological polar surface area (TPSA) is 117 Å². The van der Waals surface area contributed by atoms with E-state index < -0.39 is 0 Å². The number of benzene rings is 1. The smallest absolute Gasteiger partial charge is 0.305 e. The summed E-state index contributed by atoms with van der Waals surface area (Å²) in [5.74, 6) is 0.138. The van der Waals surface area contributed by atoms with Crippen LogP contribution in [0.4, 0.5) is 11.6 Å². The zero-order valence-corrected chi connectivity index (χ0v) is 18.8. The molecule has 0 radical (unpaired) electrons. The van der Waals surface area contributed by atoms with Gasteiger partial charge in [0.2, 0.25) is 11.2 Å². The van der Waals surface area contributed by atoms with Crippen LogP contribution < -0.4 is 20.0 Å². The van der Waals surface area contributed by atoms with Crippen LogP contribution in [0, 0.1) is 0 Å². The number of aromatic nitrogens is 2. The Morgan fingerprint density at radius 1 is 1.18 bits per heavy atom. The molecule has 0 unspecified atom stereocenters. The number of thioether (sulfide) groups is 1. The van der Waals surface area contributed by atoms with Crippen molar-refractivity contribution in [1.82, 2.24) is 5.27 Å². The van der Waals surface area contributed by atoms with Crippen molar-refractivity contribution in [3.63, 3.8) is 0 Å². The van der Waals surface area contributed by atoms with Gasteiger partial charge in [0, 0.05) is 6.08 Å². The molecule has 0 aliphatic carbocycles. The monoisotopic (exact) mass is 481 g/mol. The number of amides is 2. The van der Waals surface area contributed by atoms with Crippen LogP contribution in [0.3, 0.4) is 0 Å². The van der Waals surface area contributed by atoms with Gasteiger partial charge in [0.25, 0.3) is 12.1 Å². The van der Waals surface area contributed by atoms with Gasteiger partial charge in [-0.2, -0.15) is 0 Å². The molecule has 1 saturated heterocycles. The Hall–Kier alpha value is -3.90. The normalized spacial score (nSPS) is 17.4. The van der Waals surface area contributed by atoms with Crippen LogP contribution in [0.25, 0.3) is 6.08 Å². The number of anilines is 2. The van der Waals surface area contributed by atoms with E-state index in [1.165, 1.54) is 11.2 Å². The highest BCUT2D eigenvalue weighted by Crippen LogP contribution is 2.29. The molecule has 4 heterocycles. The average molecular weight is 482 g/mol. The van der Waals surface area contributed by atoms with Crippen molar-refractivity contribution in [2.75, 3.05) is 47.3 Å². The first-order valence-electron chi connectivity index (χ1n) is 10.5. The van der Waals surface area contributed by atoms with Gasteiger partial charge >= 0.3 is 5.88 Å². The van der Waals surface area contributed by atoms with Crippen molar-refractivity contribution in [2.24, 2.45) is 4.99 Å². The van der Waals surface area contributed by atoms with Crippen molar-refractivity contribution in [3.8, 4) is 0 Å². The first kappa shape index (κ1) is 21.9. The van der Waals surface area contributed by atoms with E-state index in [0.29, 0.717) is 42.9 Å². The summed E-state index contributed by atoms with van der Waals surface area (Å²) in [6.07, 6.45) is 4.70.